The van der Waals surface area contributed by atoms with Crippen LogP contribution in [0.15, 0.2) is 24.3 Å². The van der Waals surface area contributed by atoms with Gasteiger partial charge in [-0.05, 0) is 46.0 Å². The maximum Gasteiger partial charge on any atom is 2.00 e. The molecule has 1 radical (unpaired) electrons. The van der Waals surface area contributed by atoms with Crippen LogP contribution in [-0.2, 0) is 19.5 Å². The van der Waals surface area contributed by atoms with E-state index in [0.29, 0.717) is 6.42 Å². The zero-order valence-corrected chi connectivity index (χ0v) is 13.9. The van der Waals surface area contributed by atoms with E-state index >= 15 is 0 Å². The second-order valence-electron chi connectivity index (χ2n) is 4.03. The predicted molar refractivity (Wildman–Crippen MR) is 77.6 cm³/mol. The van der Waals surface area contributed by atoms with Crippen molar-refractivity contribution >= 4 is 0 Å². The SMILES string of the molecule is C1=CCC/C=C\CC1.CC(O)CC(C)O.[CH3-].[CH3-].[Rh+2]. The Morgan fingerprint density at radius 3 is 1.11 bits per heavy atom. The van der Waals surface area contributed by atoms with Gasteiger partial charge in [-0.2, -0.15) is 0 Å². The van der Waals surface area contributed by atoms with Gasteiger partial charge in [0.05, 0.1) is 12.2 Å². The Morgan fingerprint density at radius 1 is 0.778 bits per heavy atom. The molecule has 111 valence electrons. The first-order chi connectivity index (χ1) is 7.13. The first-order valence-corrected chi connectivity index (χ1v) is 5.79. The van der Waals surface area contributed by atoms with E-state index in [-0.39, 0.29) is 46.5 Å². The van der Waals surface area contributed by atoms with Gasteiger partial charge < -0.3 is 25.1 Å². The summed E-state index contributed by atoms with van der Waals surface area (Å²) in [5, 5.41) is 17.1. The van der Waals surface area contributed by atoms with E-state index in [1.165, 1.54) is 25.7 Å². The summed E-state index contributed by atoms with van der Waals surface area (Å²) < 4.78 is 0. The monoisotopic (exact) mass is 345 g/mol. The molecule has 1 aliphatic carbocycles. The van der Waals surface area contributed by atoms with Crippen molar-refractivity contribution in [3.63, 3.8) is 0 Å². The van der Waals surface area contributed by atoms with Crippen molar-refractivity contribution in [2.75, 3.05) is 0 Å². The fraction of sp³-hybridized carbons (Fsp3) is 0.600. The number of hydrogen-bond acceptors (Lipinski definition) is 2. The molecule has 2 unspecified atom stereocenters. The first kappa shape index (κ1) is 26.6. The van der Waals surface area contributed by atoms with Gasteiger partial charge in [-0.3, -0.25) is 0 Å². The van der Waals surface area contributed by atoms with Gasteiger partial charge in [0.25, 0.3) is 0 Å². The average Bonchev–Trinajstić information content (AvgIpc) is 1.99. The predicted octanol–water partition coefficient (Wildman–Crippen LogP) is 3.71. The molecule has 2 nitrogen and oxygen atoms in total. The minimum Gasteiger partial charge on any atom is -0.393 e. The molecule has 0 aromatic heterocycles. The van der Waals surface area contributed by atoms with Crippen molar-refractivity contribution in [3.8, 4) is 0 Å². The van der Waals surface area contributed by atoms with Gasteiger partial charge in [-0.15, -0.1) is 0 Å². The number of rotatable bonds is 2. The van der Waals surface area contributed by atoms with Crippen LogP contribution in [0.5, 0.6) is 0 Å². The second-order valence-corrected chi connectivity index (χ2v) is 4.03. The summed E-state index contributed by atoms with van der Waals surface area (Å²) in [4.78, 5) is 0. The van der Waals surface area contributed by atoms with Gasteiger partial charge in [0, 0.05) is 0 Å². The molecule has 0 saturated heterocycles. The van der Waals surface area contributed by atoms with E-state index in [2.05, 4.69) is 24.3 Å². The van der Waals surface area contributed by atoms with E-state index in [0.717, 1.165) is 0 Å². The van der Waals surface area contributed by atoms with Crippen LogP contribution in [0.25, 0.3) is 0 Å². The summed E-state index contributed by atoms with van der Waals surface area (Å²) in [5.74, 6) is 0. The Bertz CT molecular complexity index is 155. The summed E-state index contributed by atoms with van der Waals surface area (Å²) in [5.41, 5.74) is 0. The maximum atomic E-state index is 8.56. The third-order valence-electron chi connectivity index (χ3n) is 2.02. The van der Waals surface area contributed by atoms with Crippen molar-refractivity contribution in [2.45, 2.75) is 58.2 Å². The molecular formula is C15H30O2Rh. The molecule has 1 rings (SSSR count). The van der Waals surface area contributed by atoms with Crippen LogP contribution in [0.1, 0.15) is 46.0 Å². The minimum atomic E-state index is -0.375. The van der Waals surface area contributed by atoms with Crippen LogP contribution in [0.3, 0.4) is 0 Å². The van der Waals surface area contributed by atoms with Crippen molar-refractivity contribution in [1.82, 2.24) is 0 Å². The van der Waals surface area contributed by atoms with Crippen LogP contribution < -0.4 is 0 Å². The molecule has 0 heterocycles. The van der Waals surface area contributed by atoms with Crippen molar-refractivity contribution in [1.29, 1.82) is 0 Å². The minimum absolute atomic E-state index is 0. The molecule has 0 spiro atoms. The van der Waals surface area contributed by atoms with Gasteiger partial charge in [0.2, 0.25) is 0 Å². The number of hydrogen-bond donors (Lipinski definition) is 2. The number of allylic oxidation sites excluding steroid dienone is 4. The zero-order chi connectivity index (χ0) is 11.5. The molecule has 1 aliphatic rings. The third-order valence-corrected chi connectivity index (χ3v) is 2.02. The van der Waals surface area contributed by atoms with Gasteiger partial charge >= 0.3 is 19.5 Å². The Labute approximate surface area is 127 Å². The third kappa shape index (κ3) is 25.0. The van der Waals surface area contributed by atoms with Gasteiger partial charge in [-0.1, -0.05) is 24.3 Å². The number of aliphatic hydroxyl groups is 2. The molecule has 3 heteroatoms. The molecular weight excluding hydrogens is 315 g/mol. The van der Waals surface area contributed by atoms with E-state index in [1.807, 2.05) is 0 Å². The maximum absolute atomic E-state index is 8.56. The van der Waals surface area contributed by atoms with Gasteiger partial charge in [0.1, 0.15) is 0 Å². The van der Waals surface area contributed by atoms with E-state index in [4.69, 9.17) is 10.2 Å². The summed E-state index contributed by atoms with van der Waals surface area (Å²) in [7, 11) is 0. The Balaban J connectivity index is -0.0000000942. The quantitative estimate of drug-likeness (QED) is 0.455. The molecule has 0 amide bonds. The average molecular weight is 345 g/mol. The molecule has 2 atom stereocenters. The largest absolute Gasteiger partial charge is 2.00 e. The van der Waals surface area contributed by atoms with Crippen LogP contribution in [-0.4, -0.2) is 22.4 Å². The summed E-state index contributed by atoms with van der Waals surface area (Å²) >= 11 is 0. The Morgan fingerprint density at radius 2 is 1.00 bits per heavy atom. The first-order valence-electron chi connectivity index (χ1n) is 5.79. The van der Waals surface area contributed by atoms with E-state index < -0.39 is 0 Å². The van der Waals surface area contributed by atoms with E-state index in [9.17, 15) is 0 Å². The Hall–Kier alpha value is 0.0234. The topological polar surface area (TPSA) is 40.5 Å². The molecule has 0 saturated carbocycles. The normalized spacial score (nSPS) is 18.0. The molecule has 0 bridgehead atoms. The molecule has 0 aliphatic heterocycles. The fourth-order valence-electron chi connectivity index (χ4n) is 1.35. The smallest absolute Gasteiger partial charge is 0.393 e. The van der Waals surface area contributed by atoms with Crippen molar-refractivity contribution < 1.29 is 29.7 Å². The molecule has 18 heavy (non-hydrogen) atoms. The molecule has 0 aromatic rings. The van der Waals surface area contributed by atoms with Gasteiger partial charge in [0.15, 0.2) is 0 Å². The van der Waals surface area contributed by atoms with Crippen molar-refractivity contribution in [3.05, 3.63) is 39.2 Å². The number of aliphatic hydroxyl groups excluding tert-OH is 2. The summed E-state index contributed by atoms with van der Waals surface area (Å²) in [6.45, 7) is 3.32. The standard InChI is InChI=1S/C8H12.C5H12O2.2CH3.Rh/c1-2-4-6-8-7-5-3-1;1-4(6)3-5(2)7;;;/h1-2,7-8H,3-6H2;4-7H,3H2,1-2H3;2*1H3;/q;;2*-1;+2/b2-1-,8-7?;;;;. The molecule has 0 fully saturated rings. The summed E-state index contributed by atoms with van der Waals surface area (Å²) in [6, 6.07) is 0. The fourth-order valence-corrected chi connectivity index (χ4v) is 1.35. The zero-order valence-electron chi connectivity index (χ0n) is 12.2. The molecule has 2 N–H and O–H groups in total. The van der Waals surface area contributed by atoms with E-state index in [1.54, 1.807) is 13.8 Å². The van der Waals surface area contributed by atoms with Crippen molar-refractivity contribution in [2.24, 2.45) is 0 Å². The van der Waals surface area contributed by atoms with Crippen LogP contribution in [0, 0.1) is 14.9 Å². The van der Waals surface area contributed by atoms with Crippen LogP contribution >= 0.6 is 0 Å². The summed E-state index contributed by atoms with van der Waals surface area (Å²) in [6.07, 6.45) is 13.7. The second kappa shape index (κ2) is 19.4. The molecule has 0 aromatic carbocycles. The van der Waals surface area contributed by atoms with Gasteiger partial charge in [-0.25, -0.2) is 0 Å². The van der Waals surface area contributed by atoms with Crippen LogP contribution in [0.4, 0.5) is 0 Å². The van der Waals surface area contributed by atoms with Crippen LogP contribution in [0.2, 0.25) is 0 Å². The Kier molecular flexibility index (Phi) is 28.6.